The van der Waals surface area contributed by atoms with Gasteiger partial charge in [-0.25, -0.2) is 0 Å². The number of nitrogens with zero attached hydrogens (tertiary/aromatic N) is 1. The fourth-order valence-corrected chi connectivity index (χ4v) is 3.94. The number of hydrogen-bond donors (Lipinski definition) is 1. The first-order chi connectivity index (χ1) is 11.0. The third kappa shape index (κ3) is 2.90. The van der Waals surface area contributed by atoms with E-state index in [2.05, 4.69) is 0 Å². The first kappa shape index (κ1) is 15.8. The summed E-state index contributed by atoms with van der Waals surface area (Å²) in [5, 5.41) is 1.22. The minimum Gasteiger partial charge on any atom is -0.399 e. The first-order valence-corrected chi connectivity index (χ1v) is 8.32. The first-order valence-electron chi connectivity index (χ1n) is 7.13. The highest BCUT2D eigenvalue weighted by atomic mass is 35.5. The largest absolute Gasteiger partial charge is 0.399 e. The van der Waals surface area contributed by atoms with Crippen molar-refractivity contribution in [1.29, 1.82) is 0 Å². The van der Waals surface area contributed by atoms with Crippen molar-refractivity contribution in [2.24, 2.45) is 0 Å². The molecule has 3 rings (SSSR count). The van der Waals surface area contributed by atoms with E-state index >= 15 is 0 Å². The van der Waals surface area contributed by atoms with Gasteiger partial charge < -0.3 is 5.73 Å². The second-order valence-electron chi connectivity index (χ2n) is 5.36. The molecule has 0 aliphatic carbocycles. The Morgan fingerprint density at radius 2 is 2.04 bits per heavy atom. The molecule has 0 atom stereocenters. The number of fused-ring (bicyclic) bond motifs is 1. The van der Waals surface area contributed by atoms with Crippen molar-refractivity contribution in [3.8, 4) is 0 Å². The molecule has 1 aromatic carbocycles. The van der Waals surface area contributed by atoms with Gasteiger partial charge in [-0.05, 0) is 43.7 Å². The van der Waals surface area contributed by atoms with Crippen molar-refractivity contribution in [2.45, 2.75) is 13.3 Å². The molecule has 0 saturated carbocycles. The van der Waals surface area contributed by atoms with Crippen LogP contribution in [0, 0.1) is 6.92 Å². The highest BCUT2D eigenvalue weighted by Crippen LogP contribution is 2.42. The maximum absolute atomic E-state index is 12.9. The zero-order chi connectivity index (χ0) is 16.6. The molecule has 0 bridgehead atoms. The number of amides is 1. The number of aryl methyl sites for hydroxylation is 1. The Bertz CT molecular complexity index is 809. The molecule has 2 heterocycles. The van der Waals surface area contributed by atoms with Crippen LogP contribution in [0.2, 0.25) is 0 Å². The highest BCUT2D eigenvalue weighted by Gasteiger charge is 2.27. The molecule has 2 aromatic rings. The maximum atomic E-state index is 12.9. The van der Waals surface area contributed by atoms with Gasteiger partial charge in [0.05, 0.1) is 5.03 Å². The molecule has 0 radical (unpaired) electrons. The fraction of sp³-hybridized carbons (Fsp3) is 0.176. The lowest BCUT2D eigenvalue weighted by molar-refractivity contribution is -0.105. The van der Waals surface area contributed by atoms with Crippen LogP contribution in [-0.4, -0.2) is 18.7 Å². The number of aldehydes is 1. The topological polar surface area (TPSA) is 63.4 Å². The van der Waals surface area contributed by atoms with Crippen LogP contribution in [0.5, 0.6) is 0 Å². The minimum atomic E-state index is -0.121. The maximum Gasteiger partial charge on any atom is 0.258 e. The van der Waals surface area contributed by atoms with Crippen LogP contribution < -0.4 is 10.6 Å². The third-order valence-corrected chi connectivity index (χ3v) is 5.27. The van der Waals surface area contributed by atoms with Crippen molar-refractivity contribution in [3.63, 3.8) is 0 Å². The molecular formula is C17H15ClN2O2S. The molecule has 0 saturated heterocycles. The number of carbonyl (C=O) groups excluding carboxylic acids is 2. The predicted molar refractivity (Wildman–Crippen MR) is 95.0 cm³/mol. The van der Waals surface area contributed by atoms with Gasteiger partial charge in [-0.2, -0.15) is 0 Å². The van der Waals surface area contributed by atoms with Crippen LogP contribution in [0.3, 0.4) is 0 Å². The van der Waals surface area contributed by atoms with Crippen LogP contribution in [-0.2, 0) is 4.79 Å². The van der Waals surface area contributed by atoms with Crippen LogP contribution >= 0.6 is 22.9 Å². The lowest BCUT2D eigenvalue weighted by Crippen LogP contribution is -2.31. The molecule has 1 amide bonds. The Labute approximate surface area is 143 Å². The summed E-state index contributed by atoms with van der Waals surface area (Å²) in [6, 6.07) is 8.73. The average molecular weight is 347 g/mol. The van der Waals surface area contributed by atoms with Gasteiger partial charge in [0.1, 0.15) is 11.3 Å². The minimum absolute atomic E-state index is 0.121. The van der Waals surface area contributed by atoms with Gasteiger partial charge >= 0.3 is 0 Å². The summed E-state index contributed by atoms with van der Waals surface area (Å²) >= 11 is 7.87. The Morgan fingerprint density at radius 1 is 1.35 bits per heavy atom. The Balaban J connectivity index is 2.05. The molecule has 0 fully saturated rings. The monoisotopic (exact) mass is 346 g/mol. The number of rotatable bonds is 2. The zero-order valence-electron chi connectivity index (χ0n) is 12.5. The zero-order valence-corrected chi connectivity index (χ0v) is 14.1. The third-order valence-electron chi connectivity index (χ3n) is 3.75. The van der Waals surface area contributed by atoms with E-state index in [0.29, 0.717) is 34.8 Å². The molecule has 1 aliphatic rings. The molecular weight excluding hydrogens is 332 g/mol. The number of benzene rings is 1. The van der Waals surface area contributed by atoms with E-state index in [4.69, 9.17) is 17.3 Å². The number of nitrogens with two attached hydrogens (primary N) is 1. The summed E-state index contributed by atoms with van der Waals surface area (Å²) in [6.45, 7) is 2.37. The number of halogens is 1. The summed E-state index contributed by atoms with van der Waals surface area (Å²) in [5.74, 6) is -0.121. The quantitative estimate of drug-likeness (QED) is 0.663. The summed E-state index contributed by atoms with van der Waals surface area (Å²) in [6.07, 6.45) is 1.21. The number of hydrogen-bond acceptors (Lipinski definition) is 4. The standard InChI is InChI=1S/C17H15ClN2O2S/c1-10-8-14-15(18)12(9-21)6-7-20(17(14)23-10)16(22)11-2-4-13(19)5-3-11/h2-5,8-9H,6-7,19H2,1H3. The van der Waals surface area contributed by atoms with E-state index in [1.54, 1.807) is 29.2 Å². The SMILES string of the molecule is Cc1cc2c(s1)N(C(=O)c1ccc(N)cc1)CCC(C=O)=C2Cl. The number of nitrogen functional groups attached to an aromatic ring is 1. The van der Waals surface area contributed by atoms with Crippen molar-refractivity contribution < 1.29 is 9.59 Å². The van der Waals surface area contributed by atoms with Gasteiger partial charge in [0, 0.05) is 33.8 Å². The summed E-state index contributed by atoms with van der Waals surface area (Å²) in [5.41, 5.74) is 8.12. The molecule has 1 aliphatic heterocycles. The van der Waals surface area contributed by atoms with Crippen LogP contribution in [0.4, 0.5) is 10.7 Å². The molecule has 118 valence electrons. The van der Waals surface area contributed by atoms with Gasteiger partial charge in [0.25, 0.3) is 5.91 Å². The fourth-order valence-electron chi connectivity index (χ4n) is 2.56. The van der Waals surface area contributed by atoms with Gasteiger partial charge in [-0.15, -0.1) is 11.3 Å². The summed E-state index contributed by atoms with van der Waals surface area (Å²) in [7, 11) is 0. The number of thiophene rings is 1. The summed E-state index contributed by atoms with van der Waals surface area (Å²) < 4.78 is 0. The summed E-state index contributed by atoms with van der Waals surface area (Å²) in [4.78, 5) is 26.9. The molecule has 1 aromatic heterocycles. The van der Waals surface area contributed by atoms with E-state index in [9.17, 15) is 9.59 Å². The molecule has 6 heteroatoms. The Morgan fingerprint density at radius 3 is 2.70 bits per heavy atom. The van der Waals surface area contributed by atoms with Gasteiger partial charge in [0.15, 0.2) is 0 Å². The van der Waals surface area contributed by atoms with E-state index < -0.39 is 0 Å². The van der Waals surface area contributed by atoms with Crippen molar-refractivity contribution in [1.82, 2.24) is 0 Å². The highest BCUT2D eigenvalue weighted by molar-refractivity contribution is 7.16. The number of carbonyl (C=O) groups is 2. The Hall–Kier alpha value is -2.11. The molecule has 0 unspecified atom stereocenters. The van der Waals surface area contributed by atoms with E-state index in [1.807, 2.05) is 13.0 Å². The van der Waals surface area contributed by atoms with Crippen molar-refractivity contribution >= 4 is 50.9 Å². The normalized spacial score (nSPS) is 14.4. The molecule has 0 spiro atoms. The van der Waals surface area contributed by atoms with Gasteiger partial charge in [-0.3, -0.25) is 14.5 Å². The van der Waals surface area contributed by atoms with Crippen molar-refractivity contribution in [3.05, 3.63) is 51.9 Å². The smallest absolute Gasteiger partial charge is 0.258 e. The van der Waals surface area contributed by atoms with E-state index in [-0.39, 0.29) is 5.91 Å². The van der Waals surface area contributed by atoms with Crippen LogP contribution in [0.25, 0.3) is 5.03 Å². The van der Waals surface area contributed by atoms with Crippen LogP contribution in [0.15, 0.2) is 35.9 Å². The molecule has 4 nitrogen and oxygen atoms in total. The van der Waals surface area contributed by atoms with E-state index in [0.717, 1.165) is 21.7 Å². The number of anilines is 2. The predicted octanol–water partition coefficient (Wildman–Crippen LogP) is 3.84. The molecule has 2 N–H and O–H groups in total. The second kappa shape index (κ2) is 6.18. The van der Waals surface area contributed by atoms with Gasteiger partial charge in [-0.1, -0.05) is 11.6 Å². The Kier molecular flexibility index (Phi) is 4.24. The lowest BCUT2D eigenvalue weighted by Gasteiger charge is -2.20. The van der Waals surface area contributed by atoms with Crippen LogP contribution in [0.1, 0.15) is 27.2 Å². The van der Waals surface area contributed by atoms with E-state index in [1.165, 1.54) is 11.3 Å². The average Bonchev–Trinajstić information content (AvgIpc) is 2.87. The lowest BCUT2D eigenvalue weighted by atomic mass is 10.1. The molecule has 23 heavy (non-hydrogen) atoms. The second-order valence-corrected chi connectivity index (χ2v) is 6.97. The van der Waals surface area contributed by atoms with Crippen molar-refractivity contribution in [2.75, 3.05) is 17.2 Å². The van der Waals surface area contributed by atoms with Gasteiger partial charge in [0.2, 0.25) is 0 Å².